The van der Waals surface area contributed by atoms with Gasteiger partial charge in [0, 0.05) is 11.1 Å². The maximum atomic E-state index is 12.9. The summed E-state index contributed by atoms with van der Waals surface area (Å²) in [7, 11) is 0. The first kappa shape index (κ1) is 15.4. The Hall–Kier alpha value is -2.47. The lowest BCUT2D eigenvalue weighted by Gasteiger charge is -2.06. The van der Waals surface area contributed by atoms with Crippen molar-refractivity contribution in [3.63, 3.8) is 0 Å². The Morgan fingerprint density at radius 1 is 1.09 bits per heavy atom. The monoisotopic (exact) mass is 328 g/mol. The Kier molecular flexibility index (Phi) is 4.52. The van der Waals surface area contributed by atoms with Gasteiger partial charge < -0.3 is 4.42 Å². The molecule has 1 atom stereocenters. The highest BCUT2D eigenvalue weighted by atomic mass is 32.2. The van der Waals surface area contributed by atoms with Gasteiger partial charge in [-0.15, -0.1) is 10.2 Å². The van der Waals surface area contributed by atoms with Crippen LogP contribution in [0.3, 0.4) is 0 Å². The van der Waals surface area contributed by atoms with Crippen molar-refractivity contribution in [1.82, 2.24) is 10.2 Å². The number of ketones is 1. The first-order chi connectivity index (χ1) is 11.1. The van der Waals surface area contributed by atoms with Gasteiger partial charge >= 0.3 is 0 Å². The molecule has 0 radical (unpaired) electrons. The third-order valence-corrected chi connectivity index (χ3v) is 4.14. The van der Waals surface area contributed by atoms with Crippen LogP contribution in [0, 0.1) is 5.82 Å². The largest absolute Gasteiger partial charge is 0.411 e. The zero-order valence-electron chi connectivity index (χ0n) is 12.3. The molecule has 0 aliphatic carbocycles. The summed E-state index contributed by atoms with van der Waals surface area (Å²) in [5.41, 5.74) is 1.28. The van der Waals surface area contributed by atoms with Crippen LogP contribution in [-0.2, 0) is 0 Å². The number of carbonyl (C=O) groups excluding carboxylic acids is 1. The number of hydrogen-bond donors (Lipinski definition) is 0. The van der Waals surface area contributed by atoms with Gasteiger partial charge in [0.25, 0.3) is 5.22 Å². The number of carbonyl (C=O) groups is 1. The molecule has 4 nitrogen and oxygen atoms in total. The average Bonchev–Trinajstić information content (AvgIpc) is 3.04. The third kappa shape index (κ3) is 3.65. The maximum Gasteiger partial charge on any atom is 0.277 e. The standard InChI is InChI=1S/C17H13FN2O2S/c1-11(15(21)12-5-3-2-4-6-12)23-17-20-19-16(22-17)13-7-9-14(18)10-8-13/h2-11H,1H3. The molecule has 0 saturated carbocycles. The van der Waals surface area contributed by atoms with E-state index in [0.717, 1.165) is 0 Å². The van der Waals surface area contributed by atoms with E-state index >= 15 is 0 Å². The molecule has 0 saturated heterocycles. The zero-order valence-corrected chi connectivity index (χ0v) is 13.1. The Balaban J connectivity index is 1.71. The van der Waals surface area contributed by atoms with Gasteiger partial charge in [-0.05, 0) is 31.2 Å². The molecule has 23 heavy (non-hydrogen) atoms. The van der Waals surface area contributed by atoms with Crippen molar-refractivity contribution in [1.29, 1.82) is 0 Å². The molecule has 1 heterocycles. The molecule has 0 N–H and O–H groups in total. The summed E-state index contributed by atoms with van der Waals surface area (Å²) in [6.07, 6.45) is 0. The van der Waals surface area contributed by atoms with Gasteiger partial charge in [0.15, 0.2) is 5.78 Å². The molecule has 0 aliphatic heterocycles. The van der Waals surface area contributed by atoms with Crippen LogP contribution in [0.15, 0.2) is 64.2 Å². The molecule has 3 aromatic rings. The Morgan fingerprint density at radius 3 is 2.48 bits per heavy atom. The summed E-state index contributed by atoms with van der Waals surface area (Å²) < 4.78 is 18.5. The second kappa shape index (κ2) is 6.75. The van der Waals surface area contributed by atoms with Crippen LogP contribution in [0.2, 0.25) is 0 Å². The molecule has 6 heteroatoms. The SMILES string of the molecule is CC(Sc1nnc(-c2ccc(F)cc2)o1)C(=O)c1ccccc1. The minimum Gasteiger partial charge on any atom is -0.411 e. The molecule has 116 valence electrons. The van der Waals surface area contributed by atoms with Gasteiger partial charge in [-0.2, -0.15) is 0 Å². The number of benzene rings is 2. The Bertz CT molecular complexity index is 803. The predicted octanol–water partition coefficient (Wildman–Crippen LogP) is 4.24. The van der Waals surface area contributed by atoms with Crippen molar-refractivity contribution < 1.29 is 13.6 Å². The minimum atomic E-state index is -0.348. The zero-order chi connectivity index (χ0) is 16.2. The van der Waals surface area contributed by atoms with Crippen molar-refractivity contribution in [2.75, 3.05) is 0 Å². The summed E-state index contributed by atoms with van der Waals surface area (Å²) in [5.74, 6) is -0.0334. The summed E-state index contributed by atoms with van der Waals surface area (Å²) in [6.45, 7) is 1.79. The molecular weight excluding hydrogens is 315 g/mol. The van der Waals surface area contributed by atoms with Gasteiger partial charge in [-0.3, -0.25) is 4.79 Å². The second-order valence-corrected chi connectivity index (χ2v) is 6.16. The molecule has 1 unspecified atom stereocenters. The van der Waals surface area contributed by atoms with Crippen LogP contribution in [0.5, 0.6) is 0 Å². The highest BCUT2D eigenvalue weighted by molar-refractivity contribution is 8.00. The van der Waals surface area contributed by atoms with Crippen LogP contribution in [0.25, 0.3) is 11.5 Å². The van der Waals surface area contributed by atoms with Gasteiger partial charge in [0.05, 0.1) is 5.25 Å². The Morgan fingerprint density at radius 2 is 1.78 bits per heavy atom. The van der Waals surface area contributed by atoms with E-state index in [-0.39, 0.29) is 16.9 Å². The Labute approximate surface area is 136 Å². The summed E-state index contributed by atoms with van der Waals surface area (Å²) in [4.78, 5) is 12.3. The molecule has 1 aromatic heterocycles. The van der Waals surface area contributed by atoms with E-state index in [0.29, 0.717) is 22.2 Å². The van der Waals surface area contributed by atoms with Crippen molar-refractivity contribution >= 4 is 17.5 Å². The number of halogens is 1. The van der Waals surface area contributed by atoms with E-state index < -0.39 is 0 Å². The second-order valence-electron chi connectivity index (χ2n) is 4.87. The quantitative estimate of drug-likeness (QED) is 0.518. The molecule has 0 aliphatic rings. The van der Waals surface area contributed by atoms with Crippen LogP contribution in [0.4, 0.5) is 4.39 Å². The molecule has 3 rings (SSSR count). The van der Waals surface area contributed by atoms with Gasteiger partial charge in [-0.1, -0.05) is 42.1 Å². The number of aromatic nitrogens is 2. The molecular formula is C17H13FN2O2S. The molecule has 0 bridgehead atoms. The first-order valence-corrected chi connectivity index (χ1v) is 7.87. The number of rotatable bonds is 5. The van der Waals surface area contributed by atoms with Crippen LogP contribution < -0.4 is 0 Å². The molecule has 2 aromatic carbocycles. The fourth-order valence-electron chi connectivity index (χ4n) is 2.01. The van der Waals surface area contributed by atoms with Gasteiger partial charge in [0.2, 0.25) is 5.89 Å². The van der Waals surface area contributed by atoms with Crippen molar-refractivity contribution in [3.05, 3.63) is 66.0 Å². The van der Waals surface area contributed by atoms with E-state index in [2.05, 4.69) is 10.2 Å². The topological polar surface area (TPSA) is 56.0 Å². The third-order valence-electron chi connectivity index (χ3n) is 3.20. The van der Waals surface area contributed by atoms with Crippen molar-refractivity contribution in [2.45, 2.75) is 17.4 Å². The lowest BCUT2D eigenvalue weighted by atomic mass is 10.1. The van der Waals surface area contributed by atoms with Crippen LogP contribution >= 0.6 is 11.8 Å². The van der Waals surface area contributed by atoms with E-state index in [9.17, 15) is 9.18 Å². The van der Waals surface area contributed by atoms with Crippen LogP contribution in [0.1, 0.15) is 17.3 Å². The maximum absolute atomic E-state index is 12.9. The predicted molar refractivity (Wildman–Crippen MR) is 85.8 cm³/mol. The number of Topliss-reactive ketones (excluding diaryl/α,β-unsaturated/α-hetero) is 1. The first-order valence-electron chi connectivity index (χ1n) is 6.99. The van der Waals surface area contributed by atoms with E-state index in [1.807, 2.05) is 18.2 Å². The fourth-order valence-corrected chi connectivity index (χ4v) is 2.77. The summed E-state index contributed by atoms with van der Waals surface area (Å²) in [6, 6.07) is 14.8. The van der Waals surface area contributed by atoms with Crippen molar-refractivity contribution in [2.24, 2.45) is 0 Å². The highest BCUT2D eigenvalue weighted by Gasteiger charge is 2.19. The van der Waals surface area contributed by atoms with E-state index in [4.69, 9.17) is 4.42 Å². The minimum absolute atomic E-state index is 0.00266. The van der Waals surface area contributed by atoms with Crippen LogP contribution in [-0.4, -0.2) is 21.2 Å². The highest BCUT2D eigenvalue weighted by Crippen LogP contribution is 2.27. The average molecular weight is 328 g/mol. The molecule has 0 spiro atoms. The smallest absolute Gasteiger partial charge is 0.277 e. The number of thioether (sulfide) groups is 1. The van der Waals surface area contributed by atoms with Gasteiger partial charge in [0.1, 0.15) is 5.82 Å². The normalized spacial score (nSPS) is 12.1. The summed E-state index contributed by atoms with van der Waals surface area (Å²) in [5, 5.41) is 7.82. The lowest BCUT2D eigenvalue weighted by Crippen LogP contribution is -2.13. The lowest BCUT2D eigenvalue weighted by molar-refractivity contribution is 0.0993. The number of nitrogens with zero attached hydrogens (tertiary/aromatic N) is 2. The summed E-state index contributed by atoms with van der Waals surface area (Å²) >= 11 is 1.20. The molecule has 0 amide bonds. The number of hydrogen-bond acceptors (Lipinski definition) is 5. The molecule has 0 fully saturated rings. The van der Waals surface area contributed by atoms with E-state index in [1.165, 1.54) is 23.9 Å². The van der Waals surface area contributed by atoms with Gasteiger partial charge in [-0.25, -0.2) is 4.39 Å². The fraction of sp³-hybridized carbons (Fsp3) is 0.118. The van der Waals surface area contributed by atoms with Crippen molar-refractivity contribution in [3.8, 4) is 11.5 Å². The van der Waals surface area contributed by atoms with E-state index in [1.54, 1.807) is 31.2 Å².